The number of quaternary nitrogens is 1. The molecule has 3 amide bonds. The van der Waals surface area contributed by atoms with E-state index in [0.717, 1.165) is 22.7 Å². The predicted molar refractivity (Wildman–Crippen MR) is 167 cm³/mol. The molecular weight excluding hydrogens is 692 g/mol. The molecule has 1 aromatic rings. The first kappa shape index (κ1) is 35.6. The van der Waals surface area contributed by atoms with Crippen molar-refractivity contribution >= 4 is 69.0 Å². The lowest BCUT2D eigenvalue weighted by molar-refractivity contribution is -0.792. The predicted octanol–water partition coefficient (Wildman–Crippen LogP) is -0.593. The largest absolute Gasteiger partial charge is 0.548 e. The Bertz CT molecular complexity index is 1750. The highest BCUT2D eigenvalue weighted by atomic mass is 35.5. The Kier molecular flexibility index (Phi) is 8.71. The van der Waals surface area contributed by atoms with Gasteiger partial charge in [0.15, 0.2) is 17.3 Å². The summed E-state index contributed by atoms with van der Waals surface area (Å²) in [4.78, 5) is 79.6. The lowest BCUT2D eigenvalue weighted by atomic mass is 9.84. The van der Waals surface area contributed by atoms with Crippen LogP contribution < -0.4 is 15.7 Å². The van der Waals surface area contributed by atoms with E-state index in [2.05, 4.69) is 15.4 Å². The van der Waals surface area contributed by atoms with Gasteiger partial charge in [-0.25, -0.2) is 22.8 Å². The standard InChI is InChI=1S/C30H35ClN4O11S2/c1-15(12-19(37)45-6)32-20(16-10-8-7-9-11-16)23(38)33-30(26(42)34-21(24(39)40)28(2,3)47-27(30)34)14-46-25(41)22-29(4,5)48(43,44)18-13-17(36)35(18,22)31/h7-12,18,20-22,27H,13-14H2,1-6H3,(H2-,32,33,37,38,39,40)/t18-,20?,21+,22+,27-,30-,35?/m1/s1. The van der Waals surface area contributed by atoms with Gasteiger partial charge >= 0.3 is 17.8 Å². The summed E-state index contributed by atoms with van der Waals surface area (Å²) in [6.07, 6.45) is 0.742. The van der Waals surface area contributed by atoms with Gasteiger partial charge in [0, 0.05) is 16.5 Å². The summed E-state index contributed by atoms with van der Waals surface area (Å²) in [6, 6.07) is 3.98. The Morgan fingerprint density at radius 1 is 1.17 bits per heavy atom. The van der Waals surface area contributed by atoms with Crippen LogP contribution in [-0.2, 0) is 48.1 Å². The van der Waals surface area contributed by atoms with Gasteiger partial charge in [0.1, 0.15) is 29.2 Å². The molecule has 5 rings (SSSR count). The number of carboxylic acids is 1. The number of carboxylic acid groups (broad SMARTS) is 1. The lowest BCUT2D eigenvalue weighted by Gasteiger charge is -2.53. The van der Waals surface area contributed by atoms with E-state index in [-0.39, 0.29) is 12.1 Å². The number of halogens is 1. The molecule has 48 heavy (non-hydrogen) atoms. The van der Waals surface area contributed by atoms with Crippen molar-refractivity contribution in [1.29, 1.82) is 0 Å². The molecule has 0 saturated carbocycles. The molecule has 0 spiro atoms. The average molecular weight is 727 g/mol. The van der Waals surface area contributed by atoms with E-state index >= 15 is 0 Å². The summed E-state index contributed by atoms with van der Waals surface area (Å²) in [5.74, 6) is -5.80. The third-order valence-electron chi connectivity index (χ3n) is 9.46. The number of nitrogens with zero attached hydrogens (tertiary/aromatic N) is 2. The van der Waals surface area contributed by atoms with Crippen molar-refractivity contribution in [3.05, 3.63) is 47.7 Å². The van der Waals surface area contributed by atoms with Gasteiger partial charge in [0.25, 0.3) is 5.91 Å². The zero-order chi connectivity index (χ0) is 35.8. The van der Waals surface area contributed by atoms with Gasteiger partial charge in [0.05, 0.1) is 19.1 Å². The number of esters is 2. The minimum Gasteiger partial charge on any atom is -0.548 e. The third kappa shape index (κ3) is 5.08. The summed E-state index contributed by atoms with van der Waals surface area (Å²) < 4.78 is 32.6. The second-order valence-corrected chi connectivity index (χ2v) is 18.2. The van der Waals surface area contributed by atoms with Gasteiger partial charge in [-0.05, 0) is 40.2 Å². The highest BCUT2D eigenvalue weighted by Crippen LogP contribution is 2.56. The number of aliphatic carboxylic acids is 1. The van der Waals surface area contributed by atoms with Crippen LogP contribution in [0.3, 0.4) is 0 Å². The molecule has 0 aliphatic carbocycles. The molecule has 4 saturated heterocycles. The first-order valence-electron chi connectivity index (χ1n) is 14.8. The van der Waals surface area contributed by atoms with Crippen molar-refractivity contribution in [2.45, 2.75) is 84.9 Å². The molecule has 4 heterocycles. The Morgan fingerprint density at radius 2 is 1.79 bits per heavy atom. The number of thioether (sulfide) groups is 1. The van der Waals surface area contributed by atoms with Crippen LogP contribution in [0, 0.1) is 0 Å². The summed E-state index contributed by atoms with van der Waals surface area (Å²) in [5.41, 5.74) is -1.38. The fraction of sp³-hybridized carbons (Fsp3) is 0.533. The van der Waals surface area contributed by atoms with Crippen LogP contribution in [-0.4, -0.2) is 105 Å². The van der Waals surface area contributed by atoms with Gasteiger partial charge in [0.2, 0.25) is 27.2 Å². The number of methoxy groups -OCH3 is 1. The number of carbonyl (C=O) groups excluding carboxylic acids is 6. The molecule has 2 unspecified atom stereocenters. The summed E-state index contributed by atoms with van der Waals surface area (Å²) in [7, 11) is -2.90. The molecule has 4 aliphatic heterocycles. The summed E-state index contributed by atoms with van der Waals surface area (Å²) >= 11 is 7.56. The fourth-order valence-corrected chi connectivity index (χ4v) is 11.7. The number of rotatable bonds is 10. The Balaban J connectivity index is 1.51. The molecular formula is C30H35ClN4O11S2. The van der Waals surface area contributed by atoms with Gasteiger partial charge in [-0.15, -0.1) is 15.8 Å². The van der Waals surface area contributed by atoms with Crippen LogP contribution in [0.2, 0.25) is 0 Å². The molecule has 260 valence electrons. The molecule has 0 radical (unpaired) electrons. The zero-order valence-electron chi connectivity index (χ0n) is 26.8. The molecule has 18 heteroatoms. The second-order valence-electron chi connectivity index (χ2n) is 13.2. The van der Waals surface area contributed by atoms with Gasteiger partial charge in [-0.2, -0.15) is 0 Å². The van der Waals surface area contributed by atoms with Crippen molar-refractivity contribution in [3.63, 3.8) is 0 Å². The normalized spacial score (nSPS) is 32.9. The van der Waals surface area contributed by atoms with E-state index in [1.165, 1.54) is 27.9 Å². The minimum absolute atomic E-state index is 0.232. The van der Waals surface area contributed by atoms with Crippen molar-refractivity contribution < 1.29 is 55.8 Å². The van der Waals surface area contributed by atoms with Crippen molar-refractivity contribution in [2.75, 3.05) is 13.7 Å². The van der Waals surface area contributed by atoms with Crippen LogP contribution in [0.15, 0.2) is 42.1 Å². The number of benzene rings is 1. The van der Waals surface area contributed by atoms with Crippen molar-refractivity contribution in [3.8, 4) is 0 Å². The van der Waals surface area contributed by atoms with E-state index in [1.54, 1.807) is 44.2 Å². The number of β-lactam (4-membered cyclic amide) rings is 2. The van der Waals surface area contributed by atoms with Crippen molar-refractivity contribution in [1.82, 2.24) is 15.5 Å². The van der Waals surface area contributed by atoms with Gasteiger partial charge < -0.3 is 34.9 Å². The number of fused-ring (bicyclic) bond motifs is 2. The molecule has 0 aromatic heterocycles. The maximum absolute atomic E-state index is 14.1. The van der Waals surface area contributed by atoms with Crippen LogP contribution in [0.1, 0.15) is 52.6 Å². The first-order chi connectivity index (χ1) is 22.2. The number of amides is 3. The van der Waals surface area contributed by atoms with E-state index < -0.39 is 100.0 Å². The Morgan fingerprint density at radius 3 is 2.35 bits per heavy atom. The Labute approximate surface area is 285 Å². The van der Waals surface area contributed by atoms with Crippen LogP contribution in [0.25, 0.3) is 0 Å². The summed E-state index contributed by atoms with van der Waals surface area (Å²) in [5, 5.41) is 15.4. The molecule has 2 N–H and O–H groups in total. The fourth-order valence-electron chi connectivity index (χ4n) is 6.89. The Hall–Kier alpha value is -3.67. The topological polar surface area (TPSA) is 205 Å². The molecule has 7 atom stereocenters. The van der Waals surface area contributed by atoms with E-state index in [1.807, 2.05) is 0 Å². The van der Waals surface area contributed by atoms with Gasteiger partial charge in [-0.3, -0.25) is 9.59 Å². The maximum Gasteiger partial charge on any atom is 0.368 e. The van der Waals surface area contributed by atoms with E-state index in [4.69, 9.17) is 16.5 Å². The zero-order valence-corrected chi connectivity index (χ0v) is 29.2. The number of sulfone groups is 1. The number of carbonyl (C=O) groups is 6. The lowest BCUT2D eigenvalue weighted by Crippen LogP contribution is -2.82. The maximum atomic E-state index is 14.1. The highest BCUT2D eigenvalue weighted by Gasteiger charge is 2.82. The monoisotopic (exact) mass is 726 g/mol. The average Bonchev–Trinajstić information content (AvgIpc) is 3.33. The number of allylic oxidation sites excluding steroid dienone is 1. The molecule has 1 aromatic carbocycles. The number of ether oxygens (including phenoxy) is 2. The molecule has 0 bridgehead atoms. The van der Waals surface area contributed by atoms with Crippen molar-refractivity contribution in [2.24, 2.45) is 0 Å². The number of hydrogen-bond acceptors (Lipinski definition) is 13. The van der Waals surface area contributed by atoms with Crippen LogP contribution >= 0.6 is 23.5 Å². The third-order valence-corrected chi connectivity index (χ3v) is 14.8. The van der Waals surface area contributed by atoms with Crippen LogP contribution in [0.5, 0.6) is 0 Å². The number of nitrogens with one attached hydrogen (secondary N) is 2. The van der Waals surface area contributed by atoms with E-state index in [0.29, 0.717) is 5.56 Å². The quantitative estimate of drug-likeness (QED) is 0.134. The summed E-state index contributed by atoms with van der Waals surface area (Å²) in [6.45, 7) is 6.36. The van der Waals surface area contributed by atoms with E-state index in [9.17, 15) is 42.3 Å². The molecule has 15 nitrogen and oxygen atoms in total. The highest BCUT2D eigenvalue weighted by molar-refractivity contribution is 8.01. The molecule has 4 aliphatic rings. The SMILES string of the molecule is COC(=O)C=C(C)NC(C(=O)N[C@]1(COC(=O)[C@H]2C(C)(C)S(=O)(=O)[C@@H]3CC(=O)[N+]32Cl)C(=O)N2[C@@H](C(=O)[O-])C(C)(C)S[C@@H]21)c1ccccc1. The number of hydrogen-bond donors (Lipinski definition) is 2. The second kappa shape index (κ2) is 11.7. The van der Waals surface area contributed by atoms with Gasteiger partial charge in [-0.1, -0.05) is 30.3 Å². The van der Waals surface area contributed by atoms with Crippen LogP contribution in [0.4, 0.5) is 0 Å². The smallest absolute Gasteiger partial charge is 0.368 e. The first-order valence-corrected chi connectivity index (χ1v) is 17.6. The molecule has 4 fully saturated rings. The minimum atomic E-state index is -4.09.